The molecule has 1 N–H and O–H groups in total. The van der Waals surface area contributed by atoms with Crippen molar-refractivity contribution in [1.29, 1.82) is 0 Å². The summed E-state index contributed by atoms with van der Waals surface area (Å²) in [5, 5.41) is 10.6. The van der Waals surface area contributed by atoms with Crippen molar-refractivity contribution >= 4 is 0 Å². The zero-order valence-corrected chi connectivity index (χ0v) is 11.0. The Morgan fingerprint density at radius 1 is 1.24 bits per heavy atom. The molecule has 1 nitrogen and oxygen atoms in total. The van der Waals surface area contributed by atoms with Crippen LogP contribution >= 0.6 is 0 Å². The lowest BCUT2D eigenvalue weighted by Crippen LogP contribution is -2.46. The molecule has 17 heavy (non-hydrogen) atoms. The molecule has 0 radical (unpaired) electrons. The standard InChI is InChI=1S/C16H24O/c1-3-13(2)12-15(17)16(10-7-11-16)14-8-5-4-6-9-14/h4-6,8-9,13,15,17H,3,7,10-12H2,1-2H3. The number of hydrogen-bond acceptors (Lipinski definition) is 1. The van der Waals surface area contributed by atoms with Crippen LogP contribution in [0.3, 0.4) is 0 Å². The van der Waals surface area contributed by atoms with Gasteiger partial charge >= 0.3 is 0 Å². The maximum atomic E-state index is 10.6. The average molecular weight is 232 g/mol. The molecule has 0 bridgehead atoms. The van der Waals surface area contributed by atoms with Gasteiger partial charge in [0.1, 0.15) is 0 Å². The zero-order chi connectivity index (χ0) is 12.3. The molecular weight excluding hydrogens is 208 g/mol. The van der Waals surface area contributed by atoms with Gasteiger partial charge in [-0.3, -0.25) is 0 Å². The van der Waals surface area contributed by atoms with Crippen LogP contribution in [-0.2, 0) is 5.41 Å². The molecule has 0 aliphatic heterocycles. The van der Waals surface area contributed by atoms with Gasteiger partial charge in [0.05, 0.1) is 6.10 Å². The fourth-order valence-electron chi connectivity index (χ4n) is 2.92. The summed E-state index contributed by atoms with van der Waals surface area (Å²) in [6.07, 6.45) is 5.47. The SMILES string of the molecule is CCC(C)CC(O)C1(c2ccccc2)CCC1. The van der Waals surface area contributed by atoms with Crippen LogP contribution < -0.4 is 0 Å². The van der Waals surface area contributed by atoms with E-state index in [1.54, 1.807) is 0 Å². The van der Waals surface area contributed by atoms with Crippen molar-refractivity contribution in [3.8, 4) is 0 Å². The van der Waals surface area contributed by atoms with E-state index in [1.807, 2.05) is 0 Å². The second-order valence-electron chi connectivity index (χ2n) is 5.64. The third-order valence-corrected chi connectivity index (χ3v) is 4.55. The van der Waals surface area contributed by atoms with Crippen molar-refractivity contribution in [2.24, 2.45) is 5.92 Å². The van der Waals surface area contributed by atoms with Gasteiger partial charge in [-0.1, -0.05) is 57.0 Å². The lowest BCUT2D eigenvalue weighted by Gasteiger charge is -2.47. The maximum Gasteiger partial charge on any atom is 0.0639 e. The summed E-state index contributed by atoms with van der Waals surface area (Å²) in [6, 6.07) is 10.6. The van der Waals surface area contributed by atoms with E-state index < -0.39 is 0 Å². The summed E-state index contributed by atoms with van der Waals surface area (Å²) in [5.41, 5.74) is 1.40. The smallest absolute Gasteiger partial charge is 0.0639 e. The molecule has 1 fully saturated rings. The van der Waals surface area contributed by atoms with Crippen LogP contribution in [0.1, 0.15) is 51.5 Å². The molecule has 1 saturated carbocycles. The predicted molar refractivity (Wildman–Crippen MR) is 72.0 cm³/mol. The van der Waals surface area contributed by atoms with E-state index >= 15 is 0 Å². The molecule has 0 saturated heterocycles. The van der Waals surface area contributed by atoms with Crippen LogP contribution in [0.15, 0.2) is 30.3 Å². The van der Waals surface area contributed by atoms with E-state index in [-0.39, 0.29) is 11.5 Å². The minimum atomic E-state index is -0.173. The van der Waals surface area contributed by atoms with Gasteiger partial charge in [-0.15, -0.1) is 0 Å². The molecular formula is C16H24O. The first-order chi connectivity index (χ1) is 8.19. The zero-order valence-electron chi connectivity index (χ0n) is 11.0. The molecule has 1 aliphatic carbocycles. The molecule has 2 atom stereocenters. The van der Waals surface area contributed by atoms with Gasteiger partial charge in [0.15, 0.2) is 0 Å². The molecule has 0 spiro atoms. The van der Waals surface area contributed by atoms with E-state index in [2.05, 4.69) is 44.2 Å². The minimum absolute atomic E-state index is 0.0602. The summed E-state index contributed by atoms with van der Waals surface area (Å²) < 4.78 is 0. The van der Waals surface area contributed by atoms with Crippen LogP contribution in [0.4, 0.5) is 0 Å². The van der Waals surface area contributed by atoms with Crippen LogP contribution in [-0.4, -0.2) is 11.2 Å². The highest BCUT2D eigenvalue weighted by Gasteiger charge is 2.44. The lowest BCUT2D eigenvalue weighted by molar-refractivity contribution is 0.0121. The molecule has 94 valence electrons. The average Bonchev–Trinajstić information content (AvgIpc) is 2.28. The maximum absolute atomic E-state index is 10.6. The van der Waals surface area contributed by atoms with Crippen molar-refractivity contribution in [2.75, 3.05) is 0 Å². The Morgan fingerprint density at radius 3 is 2.35 bits per heavy atom. The molecule has 1 aromatic rings. The lowest BCUT2D eigenvalue weighted by atomic mass is 9.60. The Kier molecular flexibility index (Phi) is 3.88. The van der Waals surface area contributed by atoms with Gasteiger partial charge in [-0.25, -0.2) is 0 Å². The van der Waals surface area contributed by atoms with Crippen molar-refractivity contribution in [3.63, 3.8) is 0 Å². The number of benzene rings is 1. The first kappa shape index (κ1) is 12.6. The van der Waals surface area contributed by atoms with Gasteiger partial charge in [-0.05, 0) is 30.7 Å². The topological polar surface area (TPSA) is 20.2 Å². The Bertz CT molecular complexity index is 340. The van der Waals surface area contributed by atoms with E-state index in [4.69, 9.17) is 0 Å². The third-order valence-electron chi connectivity index (χ3n) is 4.55. The number of hydrogen-bond donors (Lipinski definition) is 1. The van der Waals surface area contributed by atoms with Gasteiger partial charge in [0.2, 0.25) is 0 Å². The molecule has 0 aromatic heterocycles. The first-order valence-corrected chi connectivity index (χ1v) is 6.92. The highest BCUT2D eigenvalue weighted by Crippen LogP contribution is 2.47. The second-order valence-corrected chi connectivity index (χ2v) is 5.64. The van der Waals surface area contributed by atoms with E-state index in [0.29, 0.717) is 5.92 Å². The van der Waals surface area contributed by atoms with Crippen LogP contribution in [0.5, 0.6) is 0 Å². The molecule has 1 aliphatic rings. The van der Waals surface area contributed by atoms with E-state index in [0.717, 1.165) is 25.7 Å². The Hall–Kier alpha value is -0.820. The number of aliphatic hydroxyl groups is 1. The molecule has 0 amide bonds. The molecule has 2 rings (SSSR count). The van der Waals surface area contributed by atoms with Gasteiger partial charge in [-0.2, -0.15) is 0 Å². The molecule has 2 unspecified atom stereocenters. The number of rotatable bonds is 5. The van der Waals surface area contributed by atoms with Gasteiger partial charge < -0.3 is 5.11 Å². The van der Waals surface area contributed by atoms with Crippen LogP contribution in [0, 0.1) is 5.92 Å². The van der Waals surface area contributed by atoms with Crippen molar-refractivity contribution in [1.82, 2.24) is 0 Å². The largest absolute Gasteiger partial charge is 0.392 e. The van der Waals surface area contributed by atoms with Gasteiger partial charge in [0, 0.05) is 5.41 Å². The summed E-state index contributed by atoms with van der Waals surface area (Å²) in [6.45, 7) is 4.44. The van der Waals surface area contributed by atoms with Gasteiger partial charge in [0.25, 0.3) is 0 Å². The van der Waals surface area contributed by atoms with Crippen molar-refractivity contribution < 1.29 is 5.11 Å². The summed E-state index contributed by atoms with van der Waals surface area (Å²) >= 11 is 0. The number of aliphatic hydroxyl groups excluding tert-OH is 1. The Morgan fingerprint density at radius 2 is 1.88 bits per heavy atom. The summed E-state index contributed by atoms with van der Waals surface area (Å²) in [7, 11) is 0. The first-order valence-electron chi connectivity index (χ1n) is 6.92. The summed E-state index contributed by atoms with van der Waals surface area (Å²) in [5.74, 6) is 0.617. The second kappa shape index (κ2) is 5.22. The minimum Gasteiger partial charge on any atom is -0.392 e. The summed E-state index contributed by atoms with van der Waals surface area (Å²) in [4.78, 5) is 0. The van der Waals surface area contributed by atoms with Crippen LogP contribution in [0.2, 0.25) is 0 Å². The quantitative estimate of drug-likeness (QED) is 0.816. The van der Waals surface area contributed by atoms with Crippen LogP contribution in [0.25, 0.3) is 0 Å². The normalized spacial score (nSPS) is 21.6. The fourth-order valence-corrected chi connectivity index (χ4v) is 2.92. The van der Waals surface area contributed by atoms with E-state index in [1.165, 1.54) is 12.0 Å². The highest BCUT2D eigenvalue weighted by atomic mass is 16.3. The highest BCUT2D eigenvalue weighted by molar-refractivity contribution is 5.29. The van der Waals surface area contributed by atoms with Crippen molar-refractivity contribution in [2.45, 2.75) is 57.5 Å². The molecule has 1 heteroatoms. The monoisotopic (exact) mass is 232 g/mol. The molecule has 0 heterocycles. The third kappa shape index (κ3) is 2.40. The fraction of sp³-hybridized carbons (Fsp3) is 0.625. The Labute approximate surface area is 105 Å². The van der Waals surface area contributed by atoms with E-state index in [9.17, 15) is 5.11 Å². The Balaban J connectivity index is 2.14. The predicted octanol–water partition coefficient (Wildman–Crippen LogP) is 3.91. The molecule has 1 aromatic carbocycles. The van der Waals surface area contributed by atoms with Crippen molar-refractivity contribution in [3.05, 3.63) is 35.9 Å².